The van der Waals surface area contributed by atoms with Gasteiger partial charge in [0.15, 0.2) is 17.4 Å². The molecule has 1 amide bonds. The quantitative estimate of drug-likeness (QED) is 0.464. The molecule has 0 bridgehead atoms. The Bertz CT molecular complexity index is 1330. The van der Waals surface area contributed by atoms with Crippen molar-refractivity contribution >= 4 is 16.8 Å². The van der Waals surface area contributed by atoms with Gasteiger partial charge in [-0.25, -0.2) is 8.78 Å². The van der Waals surface area contributed by atoms with Crippen LogP contribution in [0.25, 0.3) is 22.2 Å². The summed E-state index contributed by atoms with van der Waals surface area (Å²) in [6.45, 7) is 0.426. The van der Waals surface area contributed by atoms with Gasteiger partial charge in [0.1, 0.15) is 5.52 Å². The van der Waals surface area contributed by atoms with Crippen LogP contribution in [-0.2, 0) is 7.05 Å². The average molecular weight is 466 g/mol. The summed E-state index contributed by atoms with van der Waals surface area (Å²) in [6.07, 6.45) is 11.2. The number of aromatic nitrogens is 5. The number of pyridine rings is 1. The highest BCUT2D eigenvalue weighted by molar-refractivity contribution is 5.94. The van der Waals surface area contributed by atoms with Crippen LogP contribution in [0.5, 0.6) is 5.75 Å². The molecular formula is C24H24F2N6O2. The van der Waals surface area contributed by atoms with Gasteiger partial charge in [0, 0.05) is 42.5 Å². The first-order valence-corrected chi connectivity index (χ1v) is 11.2. The molecule has 0 aliphatic heterocycles. The van der Waals surface area contributed by atoms with E-state index in [0.717, 1.165) is 60.0 Å². The molecule has 0 unspecified atom stereocenters. The monoisotopic (exact) mass is 466 g/mol. The van der Waals surface area contributed by atoms with Gasteiger partial charge in [0.2, 0.25) is 0 Å². The molecule has 176 valence electrons. The highest BCUT2D eigenvalue weighted by Crippen LogP contribution is 2.33. The number of phenols is 1. The van der Waals surface area contributed by atoms with Gasteiger partial charge in [-0.05, 0) is 49.8 Å². The SMILES string of the molecule is Cn1cc(-c2cc3cn(C4CCC(CNC(=O)c5cc(F)c(O)c(F)c5)CC4)nc3cn2)cn1. The molecule has 1 fully saturated rings. The number of aryl methyl sites for hydroxylation is 1. The molecule has 1 saturated carbocycles. The Morgan fingerprint density at radius 2 is 1.85 bits per heavy atom. The molecule has 1 aromatic carbocycles. The second kappa shape index (κ2) is 8.85. The van der Waals surface area contributed by atoms with Crippen molar-refractivity contribution in [1.82, 2.24) is 29.9 Å². The number of fused-ring (bicyclic) bond motifs is 1. The van der Waals surface area contributed by atoms with Crippen LogP contribution in [0.4, 0.5) is 8.78 Å². The summed E-state index contributed by atoms with van der Waals surface area (Å²) in [5.41, 5.74) is 2.50. The predicted molar refractivity (Wildman–Crippen MR) is 121 cm³/mol. The van der Waals surface area contributed by atoms with Crippen LogP contribution in [0.2, 0.25) is 0 Å². The van der Waals surface area contributed by atoms with Gasteiger partial charge in [-0.15, -0.1) is 0 Å². The molecule has 0 atom stereocenters. The minimum Gasteiger partial charge on any atom is -0.503 e. The first kappa shape index (κ1) is 22.0. The van der Waals surface area contributed by atoms with Crippen LogP contribution < -0.4 is 5.32 Å². The Hall–Kier alpha value is -3.82. The van der Waals surface area contributed by atoms with Gasteiger partial charge in [-0.2, -0.15) is 10.2 Å². The molecule has 1 aliphatic carbocycles. The van der Waals surface area contributed by atoms with Gasteiger partial charge in [0.05, 0.1) is 24.1 Å². The van der Waals surface area contributed by atoms with Gasteiger partial charge >= 0.3 is 0 Å². The smallest absolute Gasteiger partial charge is 0.251 e. The summed E-state index contributed by atoms with van der Waals surface area (Å²) >= 11 is 0. The average Bonchev–Trinajstić information content (AvgIpc) is 3.46. The molecule has 0 radical (unpaired) electrons. The van der Waals surface area contributed by atoms with E-state index in [1.165, 1.54) is 0 Å². The summed E-state index contributed by atoms with van der Waals surface area (Å²) in [4.78, 5) is 16.8. The molecular weight excluding hydrogens is 442 g/mol. The fourth-order valence-corrected chi connectivity index (χ4v) is 4.49. The van der Waals surface area contributed by atoms with E-state index in [1.807, 2.05) is 24.0 Å². The predicted octanol–water partition coefficient (Wildman–Crippen LogP) is 3.98. The number of halogens is 2. The number of carbonyl (C=O) groups excluding carboxylic acids is 1. The lowest BCUT2D eigenvalue weighted by atomic mass is 9.86. The van der Waals surface area contributed by atoms with E-state index in [1.54, 1.807) is 17.1 Å². The number of hydrogen-bond donors (Lipinski definition) is 2. The number of rotatable bonds is 5. The Morgan fingerprint density at radius 3 is 2.53 bits per heavy atom. The van der Waals surface area contributed by atoms with Crippen LogP contribution in [0.3, 0.4) is 0 Å². The van der Waals surface area contributed by atoms with E-state index in [2.05, 4.69) is 21.6 Å². The lowest BCUT2D eigenvalue weighted by Crippen LogP contribution is -2.31. The van der Waals surface area contributed by atoms with E-state index in [9.17, 15) is 18.7 Å². The molecule has 8 nitrogen and oxygen atoms in total. The van der Waals surface area contributed by atoms with E-state index >= 15 is 0 Å². The van der Waals surface area contributed by atoms with Crippen molar-refractivity contribution in [2.75, 3.05) is 6.54 Å². The Kier molecular flexibility index (Phi) is 5.72. The Morgan fingerprint density at radius 1 is 1.12 bits per heavy atom. The second-order valence-electron chi connectivity index (χ2n) is 8.81. The van der Waals surface area contributed by atoms with Crippen LogP contribution in [0.15, 0.2) is 43.0 Å². The third-order valence-corrected chi connectivity index (χ3v) is 6.43. The number of amides is 1. The molecule has 0 spiro atoms. The maximum atomic E-state index is 13.5. The number of phenolic OH excluding ortho intramolecular Hbond substituents is 1. The highest BCUT2D eigenvalue weighted by Gasteiger charge is 2.24. The van der Waals surface area contributed by atoms with Crippen LogP contribution in [0.1, 0.15) is 42.1 Å². The molecule has 10 heteroatoms. The Balaban J connectivity index is 1.18. The zero-order valence-electron chi connectivity index (χ0n) is 18.6. The molecule has 1 aliphatic rings. The number of nitrogens with zero attached hydrogens (tertiary/aromatic N) is 5. The normalized spacial score (nSPS) is 18.3. The maximum absolute atomic E-state index is 13.5. The van der Waals surface area contributed by atoms with Crippen molar-refractivity contribution in [2.24, 2.45) is 13.0 Å². The fraction of sp³-hybridized carbons (Fsp3) is 0.333. The topological polar surface area (TPSA) is 97.9 Å². The molecule has 2 N–H and O–H groups in total. The molecule has 3 heterocycles. The fourth-order valence-electron chi connectivity index (χ4n) is 4.49. The van der Waals surface area contributed by atoms with E-state index in [0.29, 0.717) is 6.54 Å². The summed E-state index contributed by atoms with van der Waals surface area (Å²) in [5.74, 6) is -3.67. The molecule has 34 heavy (non-hydrogen) atoms. The molecule has 0 saturated heterocycles. The molecule has 5 rings (SSSR count). The molecule has 4 aromatic rings. The highest BCUT2D eigenvalue weighted by atomic mass is 19.1. The number of nitrogens with one attached hydrogen (secondary N) is 1. The second-order valence-corrected chi connectivity index (χ2v) is 8.81. The minimum atomic E-state index is -1.15. The largest absolute Gasteiger partial charge is 0.503 e. The van der Waals surface area contributed by atoms with Crippen LogP contribution in [0, 0.1) is 17.6 Å². The lowest BCUT2D eigenvalue weighted by Gasteiger charge is -2.28. The van der Waals surface area contributed by atoms with Gasteiger partial charge in [-0.3, -0.25) is 19.1 Å². The van der Waals surface area contributed by atoms with Gasteiger partial charge in [-0.1, -0.05) is 0 Å². The number of aromatic hydroxyl groups is 1. The standard InChI is InChI=1S/C24H24F2N6O2/c1-31-12-17(10-29-31)21-8-16-13-32(30-22(16)11-27-21)18-4-2-14(3-5-18)9-28-24(34)15-6-19(25)23(33)20(26)7-15/h6-8,10-14,18,33H,2-5,9H2,1H3,(H,28,34). The van der Waals surface area contributed by atoms with Gasteiger partial charge in [0.25, 0.3) is 5.91 Å². The zero-order valence-corrected chi connectivity index (χ0v) is 18.6. The zero-order chi connectivity index (χ0) is 23.8. The third-order valence-electron chi connectivity index (χ3n) is 6.43. The summed E-state index contributed by atoms with van der Waals surface area (Å²) < 4.78 is 30.8. The van der Waals surface area contributed by atoms with Crippen molar-refractivity contribution in [3.05, 3.63) is 60.2 Å². The Labute approximate surface area is 194 Å². The van der Waals surface area contributed by atoms with E-state index in [4.69, 9.17) is 5.10 Å². The van der Waals surface area contributed by atoms with Crippen LogP contribution >= 0.6 is 0 Å². The number of carbonyl (C=O) groups is 1. The number of benzene rings is 1. The third kappa shape index (κ3) is 4.35. The molecule has 3 aromatic heterocycles. The number of hydrogen-bond acceptors (Lipinski definition) is 5. The van der Waals surface area contributed by atoms with Crippen molar-refractivity contribution < 1.29 is 18.7 Å². The minimum absolute atomic E-state index is 0.149. The maximum Gasteiger partial charge on any atom is 0.251 e. The first-order chi connectivity index (χ1) is 16.4. The van der Waals surface area contributed by atoms with Crippen molar-refractivity contribution in [3.8, 4) is 17.0 Å². The van der Waals surface area contributed by atoms with E-state index < -0.39 is 23.3 Å². The van der Waals surface area contributed by atoms with Crippen molar-refractivity contribution in [2.45, 2.75) is 31.7 Å². The first-order valence-electron chi connectivity index (χ1n) is 11.2. The van der Waals surface area contributed by atoms with Crippen molar-refractivity contribution in [3.63, 3.8) is 0 Å². The summed E-state index contributed by atoms with van der Waals surface area (Å²) in [6, 6.07) is 3.95. The van der Waals surface area contributed by atoms with E-state index in [-0.39, 0.29) is 17.5 Å². The van der Waals surface area contributed by atoms with Crippen molar-refractivity contribution in [1.29, 1.82) is 0 Å². The van der Waals surface area contributed by atoms with Gasteiger partial charge < -0.3 is 10.4 Å². The summed E-state index contributed by atoms with van der Waals surface area (Å²) in [7, 11) is 1.87. The van der Waals surface area contributed by atoms with Crippen LogP contribution in [-0.4, -0.2) is 42.1 Å². The lowest BCUT2D eigenvalue weighted by molar-refractivity contribution is 0.0940. The summed E-state index contributed by atoms with van der Waals surface area (Å²) in [5, 5.41) is 21.9.